The zero-order valence-corrected chi connectivity index (χ0v) is 16.4. The fourth-order valence-corrected chi connectivity index (χ4v) is 2.62. The van der Waals surface area contributed by atoms with Crippen molar-refractivity contribution in [2.24, 2.45) is 0 Å². The van der Waals surface area contributed by atoms with Crippen LogP contribution in [0.4, 0.5) is 5.69 Å². The summed E-state index contributed by atoms with van der Waals surface area (Å²) >= 11 is 3.38. The van der Waals surface area contributed by atoms with E-state index in [2.05, 4.69) is 26.3 Å². The van der Waals surface area contributed by atoms with Crippen LogP contribution in [0.1, 0.15) is 10.4 Å². The number of amides is 1. The number of carbonyl (C=O) groups is 1. The molecule has 1 heterocycles. The summed E-state index contributed by atoms with van der Waals surface area (Å²) < 4.78 is 18.6. The van der Waals surface area contributed by atoms with Crippen LogP contribution in [0, 0.1) is 0 Å². The Hall–Kier alpha value is -3.00. The van der Waals surface area contributed by atoms with Crippen LogP contribution in [0.15, 0.2) is 59.3 Å². The molecule has 27 heavy (non-hydrogen) atoms. The highest BCUT2D eigenvalue weighted by Gasteiger charge is 2.12. The first-order valence-electron chi connectivity index (χ1n) is 8.03. The Bertz CT molecular complexity index is 925. The second-order valence-electron chi connectivity index (χ2n) is 5.52. The smallest absolute Gasteiger partial charge is 0.255 e. The minimum Gasteiger partial charge on any atom is -0.493 e. The number of nitrogens with zero attached hydrogens (tertiary/aromatic N) is 2. The van der Waals surface area contributed by atoms with Crippen molar-refractivity contribution < 1.29 is 19.0 Å². The fraction of sp³-hybridized carbons (Fsp3) is 0.158. The van der Waals surface area contributed by atoms with E-state index in [0.29, 0.717) is 22.7 Å². The molecule has 0 saturated carbocycles. The van der Waals surface area contributed by atoms with E-state index < -0.39 is 0 Å². The van der Waals surface area contributed by atoms with Gasteiger partial charge in [-0.05, 0) is 42.5 Å². The van der Waals surface area contributed by atoms with E-state index in [9.17, 15) is 4.79 Å². The number of hydrogen-bond acceptors (Lipinski definition) is 5. The molecule has 1 amide bonds. The van der Waals surface area contributed by atoms with E-state index in [1.54, 1.807) is 42.4 Å². The molecule has 0 saturated heterocycles. The molecule has 1 N–H and O–H groups in total. The van der Waals surface area contributed by atoms with Crippen LogP contribution in [-0.4, -0.2) is 29.9 Å². The Balaban J connectivity index is 1.61. The lowest BCUT2D eigenvalue weighted by atomic mass is 10.2. The van der Waals surface area contributed by atoms with Gasteiger partial charge in [-0.2, -0.15) is 5.10 Å². The number of carbonyl (C=O) groups excluding carboxylic acids is 1. The Morgan fingerprint density at radius 2 is 1.85 bits per heavy atom. The zero-order valence-electron chi connectivity index (χ0n) is 14.8. The average molecular weight is 432 g/mol. The third kappa shape index (κ3) is 4.79. The van der Waals surface area contributed by atoms with Crippen LogP contribution in [0.3, 0.4) is 0 Å². The van der Waals surface area contributed by atoms with Crippen molar-refractivity contribution in [2.75, 3.05) is 19.5 Å². The molecule has 0 atom stereocenters. The lowest BCUT2D eigenvalue weighted by Gasteiger charge is -2.09. The van der Waals surface area contributed by atoms with E-state index in [1.807, 2.05) is 24.3 Å². The van der Waals surface area contributed by atoms with E-state index in [-0.39, 0.29) is 12.6 Å². The highest BCUT2D eigenvalue weighted by molar-refractivity contribution is 9.10. The largest absolute Gasteiger partial charge is 0.493 e. The standard InChI is InChI=1S/C19H18BrN3O4/c1-25-17-8-3-13(9-18(17)26-2)19(24)22-15-10-21-23(11-15)12-27-16-6-4-14(20)5-7-16/h3-11H,12H2,1-2H3,(H,22,24). The monoisotopic (exact) mass is 431 g/mol. The van der Waals surface area contributed by atoms with Gasteiger partial charge in [-0.15, -0.1) is 0 Å². The minimum atomic E-state index is -0.274. The van der Waals surface area contributed by atoms with Crippen molar-refractivity contribution in [3.8, 4) is 17.2 Å². The molecule has 0 bridgehead atoms. The van der Waals surface area contributed by atoms with Gasteiger partial charge in [-0.1, -0.05) is 15.9 Å². The third-order valence-electron chi connectivity index (χ3n) is 3.71. The molecule has 0 fully saturated rings. The predicted octanol–water partition coefficient (Wildman–Crippen LogP) is 3.95. The molecule has 8 heteroatoms. The first-order chi connectivity index (χ1) is 13.1. The second kappa shape index (κ2) is 8.59. The summed E-state index contributed by atoms with van der Waals surface area (Å²) in [6, 6.07) is 12.5. The first kappa shape index (κ1) is 18.8. The SMILES string of the molecule is COc1ccc(C(=O)Nc2cnn(COc3ccc(Br)cc3)c2)cc1OC. The zero-order chi connectivity index (χ0) is 19.2. The maximum atomic E-state index is 12.4. The van der Waals surface area contributed by atoms with Crippen LogP contribution in [0.5, 0.6) is 17.2 Å². The maximum Gasteiger partial charge on any atom is 0.255 e. The van der Waals surface area contributed by atoms with Crippen molar-refractivity contribution in [1.29, 1.82) is 0 Å². The number of halogens is 1. The summed E-state index contributed by atoms with van der Waals surface area (Å²) in [5.74, 6) is 1.50. The van der Waals surface area contributed by atoms with Crippen LogP contribution in [0.25, 0.3) is 0 Å². The Kier molecular flexibility index (Phi) is 5.97. The normalized spacial score (nSPS) is 10.3. The molecular weight excluding hydrogens is 414 g/mol. The number of nitrogens with one attached hydrogen (secondary N) is 1. The Morgan fingerprint density at radius 3 is 2.56 bits per heavy atom. The van der Waals surface area contributed by atoms with Gasteiger partial charge >= 0.3 is 0 Å². The van der Waals surface area contributed by atoms with Gasteiger partial charge in [0.1, 0.15) is 5.75 Å². The number of benzene rings is 2. The fourth-order valence-electron chi connectivity index (χ4n) is 2.35. The van der Waals surface area contributed by atoms with Gasteiger partial charge in [-0.25, -0.2) is 4.68 Å². The van der Waals surface area contributed by atoms with Crippen LogP contribution >= 0.6 is 15.9 Å². The molecule has 3 aromatic rings. The van der Waals surface area contributed by atoms with Gasteiger partial charge < -0.3 is 19.5 Å². The predicted molar refractivity (Wildman–Crippen MR) is 104 cm³/mol. The molecule has 0 radical (unpaired) electrons. The number of aromatic nitrogens is 2. The molecule has 3 rings (SSSR count). The highest BCUT2D eigenvalue weighted by atomic mass is 79.9. The summed E-state index contributed by atoms with van der Waals surface area (Å²) in [4.78, 5) is 12.4. The lowest BCUT2D eigenvalue weighted by molar-refractivity contribution is 0.102. The molecule has 1 aromatic heterocycles. The minimum absolute atomic E-state index is 0.230. The van der Waals surface area contributed by atoms with E-state index >= 15 is 0 Å². The summed E-state index contributed by atoms with van der Waals surface area (Å²) in [6.07, 6.45) is 3.25. The Labute approximate surface area is 165 Å². The lowest BCUT2D eigenvalue weighted by Crippen LogP contribution is -2.12. The van der Waals surface area contributed by atoms with Gasteiger partial charge in [0.2, 0.25) is 0 Å². The van der Waals surface area contributed by atoms with Gasteiger partial charge in [-0.3, -0.25) is 4.79 Å². The second-order valence-corrected chi connectivity index (χ2v) is 6.44. The molecular formula is C19H18BrN3O4. The topological polar surface area (TPSA) is 74.6 Å². The first-order valence-corrected chi connectivity index (χ1v) is 8.82. The molecule has 0 aliphatic rings. The molecule has 0 aliphatic heterocycles. The van der Waals surface area contributed by atoms with Crippen molar-refractivity contribution in [3.63, 3.8) is 0 Å². The number of rotatable bonds is 7. The number of ether oxygens (including phenoxy) is 3. The van der Waals surface area contributed by atoms with Crippen LogP contribution in [0.2, 0.25) is 0 Å². The molecule has 0 unspecified atom stereocenters. The van der Waals surface area contributed by atoms with Crippen LogP contribution in [-0.2, 0) is 6.73 Å². The van der Waals surface area contributed by atoms with Gasteiger partial charge in [0.05, 0.1) is 32.3 Å². The van der Waals surface area contributed by atoms with Crippen molar-refractivity contribution >= 4 is 27.5 Å². The number of methoxy groups -OCH3 is 2. The highest BCUT2D eigenvalue weighted by Crippen LogP contribution is 2.27. The Morgan fingerprint density at radius 1 is 1.11 bits per heavy atom. The van der Waals surface area contributed by atoms with Gasteiger partial charge in [0.15, 0.2) is 18.2 Å². The quantitative estimate of drug-likeness (QED) is 0.612. The van der Waals surface area contributed by atoms with E-state index in [0.717, 1.165) is 10.2 Å². The van der Waals surface area contributed by atoms with Crippen LogP contribution < -0.4 is 19.5 Å². The maximum absolute atomic E-state index is 12.4. The third-order valence-corrected chi connectivity index (χ3v) is 4.24. The number of anilines is 1. The van der Waals surface area contributed by atoms with Gasteiger partial charge in [0.25, 0.3) is 5.91 Å². The summed E-state index contributed by atoms with van der Waals surface area (Å²) in [7, 11) is 3.07. The molecule has 7 nitrogen and oxygen atoms in total. The molecule has 2 aromatic carbocycles. The van der Waals surface area contributed by atoms with E-state index in [4.69, 9.17) is 14.2 Å². The average Bonchev–Trinajstić information content (AvgIpc) is 3.14. The van der Waals surface area contributed by atoms with E-state index in [1.165, 1.54) is 7.11 Å². The molecule has 140 valence electrons. The van der Waals surface area contributed by atoms with Crippen molar-refractivity contribution in [2.45, 2.75) is 6.73 Å². The summed E-state index contributed by atoms with van der Waals surface area (Å²) in [6.45, 7) is 0.230. The molecule has 0 aliphatic carbocycles. The summed E-state index contributed by atoms with van der Waals surface area (Å²) in [5.41, 5.74) is 1.01. The summed E-state index contributed by atoms with van der Waals surface area (Å²) in [5, 5.41) is 6.97. The molecule has 0 spiro atoms. The number of hydrogen-bond donors (Lipinski definition) is 1. The van der Waals surface area contributed by atoms with Crippen molar-refractivity contribution in [3.05, 3.63) is 64.9 Å². The van der Waals surface area contributed by atoms with Gasteiger partial charge in [0, 0.05) is 10.0 Å². The van der Waals surface area contributed by atoms with Crippen molar-refractivity contribution in [1.82, 2.24) is 9.78 Å².